The zero-order valence-electron chi connectivity index (χ0n) is 9.85. The molecule has 0 spiro atoms. The molecule has 0 unspecified atom stereocenters. The van der Waals surface area contributed by atoms with Gasteiger partial charge in [-0.3, -0.25) is 9.36 Å². The molecule has 4 nitrogen and oxygen atoms in total. The van der Waals surface area contributed by atoms with E-state index in [1.807, 2.05) is 30.5 Å². The van der Waals surface area contributed by atoms with Gasteiger partial charge in [-0.15, -0.1) is 0 Å². The Balaban J connectivity index is 2.43. The summed E-state index contributed by atoms with van der Waals surface area (Å²) in [5, 5.41) is 1.04. The molecular formula is C13H16N2O2. The highest BCUT2D eigenvalue weighted by Crippen LogP contribution is 2.21. The summed E-state index contributed by atoms with van der Waals surface area (Å²) in [6.07, 6.45) is 2.20. The van der Waals surface area contributed by atoms with Crippen LogP contribution in [0.5, 0.6) is 0 Å². The molecular weight excluding hydrogens is 216 g/mol. The van der Waals surface area contributed by atoms with Crippen LogP contribution < -0.4 is 5.73 Å². The molecule has 2 N–H and O–H groups in total. The maximum atomic E-state index is 12.0. The molecule has 0 saturated carbocycles. The Bertz CT molecular complexity index is 531. The second kappa shape index (κ2) is 5.12. The molecule has 0 aliphatic carbocycles. The van der Waals surface area contributed by atoms with Crippen molar-refractivity contribution in [3.05, 3.63) is 36.0 Å². The van der Waals surface area contributed by atoms with Crippen molar-refractivity contribution in [3.63, 3.8) is 0 Å². The van der Waals surface area contributed by atoms with E-state index in [4.69, 9.17) is 10.5 Å². The average Bonchev–Trinajstić information content (AvgIpc) is 2.75. The summed E-state index contributed by atoms with van der Waals surface area (Å²) < 4.78 is 6.58. The van der Waals surface area contributed by atoms with E-state index >= 15 is 0 Å². The van der Waals surface area contributed by atoms with Crippen molar-refractivity contribution in [2.45, 2.75) is 13.0 Å². The van der Waals surface area contributed by atoms with Crippen LogP contribution in [0.4, 0.5) is 0 Å². The van der Waals surface area contributed by atoms with Gasteiger partial charge in [-0.25, -0.2) is 0 Å². The van der Waals surface area contributed by atoms with Crippen LogP contribution in [0.25, 0.3) is 10.9 Å². The summed E-state index contributed by atoms with van der Waals surface area (Å²) in [6.45, 7) is 0.869. The van der Waals surface area contributed by atoms with Crippen molar-refractivity contribution in [2.75, 3.05) is 13.7 Å². The van der Waals surface area contributed by atoms with Crippen LogP contribution in [-0.4, -0.2) is 24.2 Å². The van der Waals surface area contributed by atoms with E-state index < -0.39 is 0 Å². The monoisotopic (exact) mass is 232 g/mol. The number of methoxy groups -OCH3 is 1. The van der Waals surface area contributed by atoms with Crippen molar-refractivity contribution in [1.29, 1.82) is 0 Å². The highest BCUT2D eigenvalue weighted by Gasteiger charge is 2.11. The topological polar surface area (TPSA) is 57.2 Å². The maximum absolute atomic E-state index is 12.0. The predicted octanol–water partition coefficient (Wildman–Crippen LogP) is 1.78. The minimum Gasteiger partial charge on any atom is -0.384 e. The van der Waals surface area contributed by atoms with Crippen molar-refractivity contribution in [2.24, 2.45) is 5.73 Å². The summed E-state index contributed by atoms with van der Waals surface area (Å²) in [5.74, 6) is 0.0303. The Morgan fingerprint density at radius 3 is 2.88 bits per heavy atom. The minimum absolute atomic E-state index is 0.0303. The Labute approximate surface area is 100.0 Å². The van der Waals surface area contributed by atoms with Crippen LogP contribution in [0.2, 0.25) is 0 Å². The van der Waals surface area contributed by atoms with E-state index in [0.29, 0.717) is 19.6 Å². The number of nitrogens with two attached hydrogens (primary N) is 1. The van der Waals surface area contributed by atoms with Crippen LogP contribution in [-0.2, 0) is 11.3 Å². The lowest BCUT2D eigenvalue weighted by Gasteiger charge is -2.02. The van der Waals surface area contributed by atoms with Crippen molar-refractivity contribution >= 4 is 16.8 Å². The summed E-state index contributed by atoms with van der Waals surface area (Å²) in [5.41, 5.74) is 7.58. The van der Waals surface area contributed by atoms with Gasteiger partial charge >= 0.3 is 0 Å². The highest BCUT2D eigenvalue weighted by molar-refractivity contribution is 5.94. The molecule has 0 bridgehead atoms. The van der Waals surface area contributed by atoms with Gasteiger partial charge in [-0.2, -0.15) is 0 Å². The molecule has 0 amide bonds. The molecule has 4 heteroatoms. The molecule has 2 rings (SSSR count). The molecule has 1 heterocycles. The molecule has 0 radical (unpaired) electrons. The third-order valence-electron chi connectivity index (χ3n) is 2.80. The van der Waals surface area contributed by atoms with E-state index in [2.05, 4.69) is 0 Å². The normalized spacial score (nSPS) is 10.9. The first-order valence-electron chi connectivity index (χ1n) is 5.59. The molecule has 0 atom stereocenters. The summed E-state index contributed by atoms with van der Waals surface area (Å²) in [7, 11) is 1.59. The quantitative estimate of drug-likeness (QED) is 0.874. The van der Waals surface area contributed by atoms with E-state index in [1.54, 1.807) is 11.7 Å². The van der Waals surface area contributed by atoms with E-state index in [1.165, 1.54) is 0 Å². The first-order valence-corrected chi connectivity index (χ1v) is 5.59. The van der Waals surface area contributed by atoms with Gasteiger partial charge in [0.1, 0.15) is 0 Å². The van der Waals surface area contributed by atoms with Gasteiger partial charge in [0.05, 0.1) is 18.5 Å². The summed E-state index contributed by atoms with van der Waals surface area (Å²) >= 11 is 0. The van der Waals surface area contributed by atoms with Gasteiger partial charge in [0.2, 0.25) is 5.91 Å². The smallest absolute Gasteiger partial charge is 0.233 e. The molecule has 1 aromatic carbocycles. The van der Waals surface area contributed by atoms with Crippen molar-refractivity contribution in [1.82, 2.24) is 4.57 Å². The highest BCUT2D eigenvalue weighted by atomic mass is 16.5. The minimum atomic E-state index is 0.0303. The number of rotatable bonds is 4. The number of carbonyl (C=O) groups is 1. The van der Waals surface area contributed by atoms with E-state index in [-0.39, 0.29) is 5.91 Å². The Morgan fingerprint density at radius 1 is 1.41 bits per heavy atom. The van der Waals surface area contributed by atoms with E-state index in [0.717, 1.165) is 16.5 Å². The van der Waals surface area contributed by atoms with Gasteiger partial charge in [0.15, 0.2) is 0 Å². The first kappa shape index (κ1) is 11.8. The number of aromatic nitrogens is 1. The zero-order chi connectivity index (χ0) is 12.3. The first-order chi connectivity index (χ1) is 8.27. The standard InChI is InChI=1S/C13H16N2O2/c1-17-7-6-13(16)15-9-10(8-14)11-4-2-3-5-12(11)15/h2-5,9H,6-8,14H2,1H3. The molecule has 0 aliphatic heterocycles. The van der Waals surface area contributed by atoms with Gasteiger partial charge in [-0.1, -0.05) is 18.2 Å². The Kier molecular flexibility index (Phi) is 3.56. The number of fused-ring (bicyclic) bond motifs is 1. The molecule has 17 heavy (non-hydrogen) atoms. The number of para-hydroxylation sites is 1. The van der Waals surface area contributed by atoms with Crippen LogP contribution >= 0.6 is 0 Å². The number of hydrogen-bond acceptors (Lipinski definition) is 3. The third kappa shape index (κ3) is 2.23. The van der Waals surface area contributed by atoms with Crippen LogP contribution in [0.15, 0.2) is 30.5 Å². The third-order valence-corrected chi connectivity index (χ3v) is 2.80. The average molecular weight is 232 g/mol. The fraction of sp³-hybridized carbons (Fsp3) is 0.308. The lowest BCUT2D eigenvalue weighted by atomic mass is 10.2. The molecule has 0 aliphatic rings. The second-order valence-corrected chi connectivity index (χ2v) is 3.88. The van der Waals surface area contributed by atoms with Gasteiger partial charge in [-0.05, 0) is 11.6 Å². The lowest BCUT2D eigenvalue weighted by Crippen LogP contribution is -2.11. The van der Waals surface area contributed by atoms with Crippen LogP contribution in [0.3, 0.4) is 0 Å². The number of nitrogens with zero attached hydrogens (tertiary/aromatic N) is 1. The van der Waals surface area contributed by atoms with Crippen molar-refractivity contribution in [3.8, 4) is 0 Å². The molecule has 90 valence electrons. The van der Waals surface area contributed by atoms with Gasteiger partial charge in [0, 0.05) is 25.2 Å². The Morgan fingerprint density at radius 2 is 2.18 bits per heavy atom. The molecule has 0 fully saturated rings. The summed E-state index contributed by atoms with van der Waals surface area (Å²) in [6, 6.07) is 7.78. The Hall–Kier alpha value is -1.65. The SMILES string of the molecule is COCCC(=O)n1cc(CN)c2ccccc21. The van der Waals surface area contributed by atoms with Gasteiger partial charge in [0.25, 0.3) is 0 Å². The predicted molar refractivity (Wildman–Crippen MR) is 66.9 cm³/mol. The fourth-order valence-corrected chi connectivity index (χ4v) is 1.93. The number of ether oxygens (including phenoxy) is 1. The van der Waals surface area contributed by atoms with E-state index in [9.17, 15) is 4.79 Å². The van der Waals surface area contributed by atoms with Crippen LogP contribution in [0, 0.1) is 0 Å². The second-order valence-electron chi connectivity index (χ2n) is 3.88. The zero-order valence-corrected chi connectivity index (χ0v) is 9.85. The number of hydrogen-bond donors (Lipinski definition) is 1. The number of benzene rings is 1. The molecule has 1 aromatic heterocycles. The van der Waals surface area contributed by atoms with Crippen molar-refractivity contribution < 1.29 is 9.53 Å². The van der Waals surface area contributed by atoms with Crippen LogP contribution in [0.1, 0.15) is 16.8 Å². The van der Waals surface area contributed by atoms with Gasteiger partial charge < -0.3 is 10.5 Å². The molecule has 2 aromatic rings. The summed E-state index contributed by atoms with van der Waals surface area (Å²) in [4.78, 5) is 12.0. The molecule has 0 saturated heterocycles. The number of carbonyl (C=O) groups excluding carboxylic acids is 1. The maximum Gasteiger partial charge on any atom is 0.233 e. The lowest BCUT2D eigenvalue weighted by molar-refractivity contribution is 0.0856. The fourth-order valence-electron chi connectivity index (χ4n) is 1.93. The largest absolute Gasteiger partial charge is 0.384 e.